The smallest absolute Gasteiger partial charge is 0.220 e. The molecule has 0 heterocycles. The molecule has 3 heteroatoms. The number of halogens is 1. The summed E-state index contributed by atoms with van der Waals surface area (Å²) in [4.78, 5) is 11.3. The Morgan fingerprint density at radius 1 is 1.33 bits per heavy atom. The van der Waals surface area contributed by atoms with Crippen molar-refractivity contribution in [2.24, 2.45) is 0 Å². The first-order chi connectivity index (χ1) is 7.22. The second kappa shape index (κ2) is 6.17. The zero-order chi connectivity index (χ0) is 11.1. The van der Waals surface area contributed by atoms with E-state index in [0.717, 1.165) is 18.4 Å². The van der Waals surface area contributed by atoms with E-state index in [0.29, 0.717) is 13.0 Å². The van der Waals surface area contributed by atoms with Gasteiger partial charge in [-0.1, -0.05) is 25.5 Å². The molecule has 0 saturated carbocycles. The van der Waals surface area contributed by atoms with Gasteiger partial charge in [0.05, 0.1) is 0 Å². The van der Waals surface area contributed by atoms with E-state index in [4.69, 9.17) is 0 Å². The molecular weight excluding hydrogens is 193 g/mol. The molecule has 0 aliphatic rings. The van der Waals surface area contributed by atoms with Crippen molar-refractivity contribution in [3.8, 4) is 0 Å². The molecule has 0 atom stereocenters. The highest BCUT2D eigenvalue weighted by molar-refractivity contribution is 5.75. The standard InChI is InChI=1S/C12H16FNO/c1-2-3-4-12(15)14-9-10-5-7-11(13)8-6-10/h5-8H,2-4,9H2,1H3,(H,14,15). The third-order valence-corrected chi connectivity index (χ3v) is 2.16. The predicted octanol–water partition coefficient (Wildman–Crippen LogP) is 2.63. The van der Waals surface area contributed by atoms with Crippen LogP contribution in [0.15, 0.2) is 24.3 Å². The van der Waals surface area contributed by atoms with Crippen molar-refractivity contribution in [1.29, 1.82) is 0 Å². The third-order valence-electron chi connectivity index (χ3n) is 2.16. The molecule has 0 unspecified atom stereocenters. The van der Waals surface area contributed by atoms with E-state index in [-0.39, 0.29) is 11.7 Å². The Labute approximate surface area is 89.5 Å². The summed E-state index contributed by atoms with van der Waals surface area (Å²) >= 11 is 0. The minimum Gasteiger partial charge on any atom is -0.352 e. The minimum absolute atomic E-state index is 0.0566. The Kier molecular flexibility index (Phi) is 4.81. The molecule has 0 radical (unpaired) electrons. The number of carbonyl (C=O) groups is 1. The van der Waals surface area contributed by atoms with Gasteiger partial charge in [0.1, 0.15) is 5.82 Å². The zero-order valence-corrected chi connectivity index (χ0v) is 8.92. The third kappa shape index (κ3) is 4.58. The number of benzene rings is 1. The quantitative estimate of drug-likeness (QED) is 0.793. The van der Waals surface area contributed by atoms with Crippen molar-refractivity contribution < 1.29 is 9.18 Å². The van der Waals surface area contributed by atoms with Gasteiger partial charge in [-0.2, -0.15) is 0 Å². The van der Waals surface area contributed by atoms with Crippen molar-refractivity contribution in [3.63, 3.8) is 0 Å². The summed E-state index contributed by atoms with van der Waals surface area (Å²) in [5.41, 5.74) is 0.918. The minimum atomic E-state index is -0.254. The van der Waals surface area contributed by atoms with Crippen LogP contribution < -0.4 is 5.32 Å². The van der Waals surface area contributed by atoms with Gasteiger partial charge in [0.15, 0.2) is 0 Å². The molecule has 0 aliphatic heterocycles. The van der Waals surface area contributed by atoms with E-state index in [1.165, 1.54) is 12.1 Å². The summed E-state index contributed by atoms with van der Waals surface area (Å²) in [7, 11) is 0. The topological polar surface area (TPSA) is 29.1 Å². The van der Waals surface area contributed by atoms with Gasteiger partial charge in [0.25, 0.3) is 0 Å². The van der Waals surface area contributed by atoms with Gasteiger partial charge in [-0.05, 0) is 24.1 Å². The van der Waals surface area contributed by atoms with Crippen LogP contribution in [0.4, 0.5) is 4.39 Å². The summed E-state index contributed by atoms with van der Waals surface area (Å²) < 4.78 is 12.6. The summed E-state index contributed by atoms with van der Waals surface area (Å²) in [5, 5.41) is 2.79. The van der Waals surface area contributed by atoms with Crippen molar-refractivity contribution in [2.75, 3.05) is 0 Å². The van der Waals surface area contributed by atoms with Gasteiger partial charge < -0.3 is 5.32 Å². The number of carbonyl (C=O) groups excluding carboxylic acids is 1. The predicted molar refractivity (Wildman–Crippen MR) is 57.8 cm³/mol. The van der Waals surface area contributed by atoms with Gasteiger partial charge >= 0.3 is 0 Å². The van der Waals surface area contributed by atoms with E-state index < -0.39 is 0 Å². The number of amides is 1. The second-order valence-corrected chi connectivity index (χ2v) is 3.51. The molecule has 0 bridgehead atoms. The fourth-order valence-corrected chi connectivity index (χ4v) is 1.23. The maximum absolute atomic E-state index is 12.6. The molecule has 1 rings (SSSR count). The molecule has 0 aromatic heterocycles. The van der Waals surface area contributed by atoms with Crippen LogP contribution in [-0.4, -0.2) is 5.91 Å². The maximum Gasteiger partial charge on any atom is 0.220 e. The highest BCUT2D eigenvalue weighted by atomic mass is 19.1. The Morgan fingerprint density at radius 2 is 2.00 bits per heavy atom. The van der Waals surface area contributed by atoms with Crippen LogP contribution in [0.2, 0.25) is 0 Å². The zero-order valence-electron chi connectivity index (χ0n) is 8.92. The number of unbranched alkanes of at least 4 members (excludes halogenated alkanes) is 1. The van der Waals surface area contributed by atoms with E-state index in [2.05, 4.69) is 5.32 Å². The van der Waals surface area contributed by atoms with Crippen molar-refractivity contribution in [1.82, 2.24) is 5.32 Å². The Morgan fingerprint density at radius 3 is 2.60 bits per heavy atom. The summed E-state index contributed by atoms with van der Waals surface area (Å²) in [6.07, 6.45) is 2.50. The molecule has 1 N–H and O–H groups in total. The number of nitrogens with one attached hydrogen (secondary N) is 1. The van der Waals surface area contributed by atoms with Crippen LogP contribution >= 0.6 is 0 Å². The molecule has 0 saturated heterocycles. The molecular formula is C12H16FNO. The number of hydrogen-bond acceptors (Lipinski definition) is 1. The number of rotatable bonds is 5. The normalized spacial score (nSPS) is 10.0. The maximum atomic E-state index is 12.6. The van der Waals surface area contributed by atoms with Crippen molar-refractivity contribution in [3.05, 3.63) is 35.6 Å². The molecule has 82 valence electrons. The fraction of sp³-hybridized carbons (Fsp3) is 0.417. The highest BCUT2D eigenvalue weighted by Crippen LogP contribution is 2.02. The monoisotopic (exact) mass is 209 g/mol. The highest BCUT2D eigenvalue weighted by Gasteiger charge is 2.00. The van der Waals surface area contributed by atoms with Crippen LogP contribution in [0.25, 0.3) is 0 Å². The average molecular weight is 209 g/mol. The van der Waals surface area contributed by atoms with Crippen LogP contribution in [0.5, 0.6) is 0 Å². The summed E-state index contributed by atoms with van der Waals surface area (Å²) in [5.74, 6) is -0.197. The molecule has 1 aromatic carbocycles. The molecule has 0 fully saturated rings. The Bertz CT molecular complexity index is 308. The van der Waals surface area contributed by atoms with Gasteiger partial charge in [-0.3, -0.25) is 4.79 Å². The molecule has 1 amide bonds. The first-order valence-electron chi connectivity index (χ1n) is 5.23. The number of hydrogen-bond donors (Lipinski definition) is 1. The van der Waals surface area contributed by atoms with Gasteiger partial charge in [-0.15, -0.1) is 0 Å². The van der Waals surface area contributed by atoms with Gasteiger partial charge in [0.2, 0.25) is 5.91 Å². The van der Waals surface area contributed by atoms with E-state index in [1.54, 1.807) is 12.1 Å². The first kappa shape index (κ1) is 11.7. The lowest BCUT2D eigenvalue weighted by Crippen LogP contribution is -2.22. The fourth-order valence-electron chi connectivity index (χ4n) is 1.23. The lowest BCUT2D eigenvalue weighted by Gasteiger charge is -2.04. The van der Waals surface area contributed by atoms with E-state index in [1.807, 2.05) is 6.92 Å². The average Bonchev–Trinajstić information content (AvgIpc) is 2.25. The lowest BCUT2D eigenvalue weighted by atomic mass is 10.2. The van der Waals surface area contributed by atoms with Crippen LogP contribution in [0.1, 0.15) is 31.7 Å². The Balaban J connectivity index is 2.30. The first-order valence-corrected chi connectivity index (χ1v) is 5.23. The van der Waals surface area contributed by atoms with E-state index in [9.17, 15) is 9.18 Å². The lowest BCUT2D eigenvalue weighted by molar-refractivity contribution is -0.121. The Hall–Kier alpha value is -1.38. The second-order valence-electron chi connectivity index (χ2n) is 3.51. The molecule has 15 heavy (non-hydrogen) atoms. The van der Waals surface area contributed by atoms with Crippen LogP contribution in [0.3, 0.4) is 0 Å². The largest absolute Gasteiger partial charge is 0.352 e. The molecule has 2 nitrogen and oxygen atoms in total. The van der Waals surface area contributed by atoms with Gasteiger partial charge in [0, 0.05) is 13.0 Å². The summed E-state index contributed by atoms with van der Waals surface area (Å²) in [6, 6.07) is 6.14. The molecule has 0 spiro atoms. The van der Waals surface area contributed by atoms with Gasteiger partial charge in [-0.25, -0.2) is 4.39 Å². The van der Waals surface area contributed by atoms with E-state index >= 15 is 0 Å². The molecule has 1 aromatic rings. The molecule has 0 aliphatic carbocycles. The van der Waals surface area contributed by atoms with Crippen molar-refractivity contribution in [2.45, 2.75) is 32.7 Å². The van der Waals surface area contributed by atoms with Crippen molar-refractivity contribution >= 4 is 5.91 Å². The van der Waals surface area contributed by atoms with Crippen LogP contribution in [0, 0.1) is 5.82 Å². The van der Waals surface area contributed by atoms with Crippen LogP contribution in [-0.2, 0) is 11.3 Å². The SMILES string of the molecule is CCCCC(=O)NCc1ccc(F)cc1. The summed E-state index contributed by atoms with van der Waals surface area (Å²) in [6.45, 7) is 2.52.